The minimum absolute atomic E-state index is 0.0884. The summed E-state index contributed by atoms with van der Waals surface area (Å²) in [6, 6.07) is 0.710. The Labute approximate surface area is 97.4 Å². The van der Waals surface area contributed by atoms with Crippen LogP contribution in [0.1, 0.15) is 51.9 Å². The number of hydrogen-bond acceptors (Lipinski definition) is 2. The van der Waals surface area contributed by atoms with Crippen LogP contribution in [-0.4, -0.2) is 23.5 Å². The zero-order valence-electron chi connectivity index (χ0n) is 10.1. The van der Waals surface area contributed by atoms with E-state index in [2.05, 4.69) is 17.6 Å². The van der Waals surface area contributed by atoms with Crippen molar-refractivity contribution >= 4 is 5.91 Å². The molecule has 90 valence electrons. The molecule has 3 unspecified atom stereocenters. The Morgan fingerprint density at radius 1 is 1.31 bits per heavy atom. The maximum absolute atomic E-state index is 12.1. The van der Waals surface area contributed by atoms with Gasteiger partial charge in [0.25, 0.3) is 0 Å². The predicted molar refractivity (Wildman–Crippen MR) is 63.1 cm³/mol. The van der Waals surface area contributed by atoms with Crippen LogP contribution in [-0.2, 0) is 4.79 Å². The smallest absolute Gasteiger partial charge is 0.237 e. The Morgan fingerprint density at radius 2 is 2.06 bits per heavy atom. The van der Waals surface area contributed by atoms with Crippen LogP contribution in [0.5, 0.6) is 0 Å². The van der Waals surface area contributed by atoms with Crippen molar-refractivity contribution in [3.63, 3.8) is 0 Å². The van der Waals surface area contributed by atoms with Crippen molar-refractivity contribution in [3.8, 4) is 0 Å². The van der Waals surface area contributed by atoms with Crippen LogP contribution in [0.4, 0.5) is 0 Å². The van der Waals surface area contributed by atoms with Crippen LogP contribution in [0.25, 0.3) is 0 Å². The lowest BCUT2D eigenvalue weighted by Gasteiger charge is -2.24. The highest BCUT2D eigenvalue weighted by molar-refractivity contribution is 5.83. The summed E-state index contributed by atoms with van der Waals surface area (Å²) in [7, 11) is 0. The number of hydrogen-bond donors (Lipinski definition) is 2. The molecule has 2 saturated carbocycles. The summed E-state index contributed by atoms with van der Waals surface area (Å²) >= 11 is 0. The molecule has 0 radical (unpaired) electrons. The van der Waals surface area contributed by atoms with E-state index in [1.54, 1.807) is 0 Å². The molecule has 2 aliphatic carbocycles. The molecular weight excluding hydrogens is 200 g/mol. The lowest BCUT2D eigenvalue weighted by atomic mass is 9.85. The molecule has 0 spiro atoms. The largest absolute Gasteiger partial charge is 0.350 e. The van der Waals surface area contributed by atoms with Gasteiger partial charge in [-0.25, -0.2) is 0 Å². The van der Waals surface area contributed by atoms with E-state index >= 15 is 0 Å². The normalized spacial score (nSPS) is 40.2. The molecule has 0 aromatic rings. The quantitative estimate of drug-likeness (QED) is 0.744. The second kappa shape index (κ2) is 3.73. The molecule has 2 N–H and O–H groups in total. The Morgan fingerprint density at radius 3 is 2.75 bits per heavy atom. The predicted octanol–water partition coefficient (Wildman–Crippen LogP) is 1.58. The fourth-order valence-electron chi connectivity index (χ4n) is 3.22. The summed E-state index contributed by atoms with van der Waals surface area (Å²) in [4.78, 5) is 12.1. The SMILES string of the molecule is CC1(NC(=O)C2CC3CCCCC3N2)CC1. The molecule has 3 rings (SSSR count). The van der Waals surface area contributed by atoms with E-state index in [4.69, 9.17) is 0 Å². The molecule has 0 aromatic carbocycles. The van der Waals surface area contributed by atoms with Gasteiger partial charge in [-0.15, -0.1) is 0 Å². The molecule has 3 fully saturated rings. The van der Waals surface area contributed by atoms with Gasteiger partial charge in [-0.05, 0) is 44.9 Å². The molecule has 1 aliphatic heterocycles. The monoisotopic (exact) mass is 222 g/mol. The van der Waals surface area contributed by atoms with Crippen molar-refractivity contribution in [2.45, 2.75) is 69.5 Å². The minimum Gasteiger partial charge on any atom is -0.350 e. The maximum atomic E-state index is 12.1. The van der Waals surface area contributed by atoms with Gasteiger partial charge in [-0.2, -0.15) is 0 Å². The van der Waals surface area contributed by atoms with Crippen molar-refractivity contribution in [2.24, 2.45) is 5.92 Å². The van der Waals surface area contributed by atoms with Crippen LogP contribution < -0.4 is 10.6 Å². The van der Waals surface area contributed by atoms with E-state index in [0.29, 0.717) is 6.04 Å². The lowest BCUT2D eigenvalue weighted by Crippen LogP contribution is -2.46. The van der Waals surface area contributed by atoms with Gasteiger partial charge in [0.1, 0.15) is 0 Å². The molecule has 1 saturated heterocycles. The average molecular weight is 222 g/mol. The number of nitrogens with one attached hydrogen (secondary N) is 2. The van der Waals surface area contributed by atoms with Gasteiger partial charge in [0.15, 0.2) is 0 Å². The van der Waals surface area contributed by atoms with Crippen molar-refractivity contribution in [1.82, 2.24) is 10.6 Å². The highest BCUT2D eigenvalue weighted by Crippen LogP contribution is 2.36. The second-order valence-corrected chi connectivity index (χ2v) is 6.16. The molecule has 1 amide bonds. The molecule has 16 heavy (non-hydrogen) atoms. The van der Waals surface area contributed by atoms with Gasteiger partial charge in [0.05, 0.1) is 6.04 Å². The zero-order valence-corrected chi connectivity index (χ0v) is 10.1. The van der Waals surface area contributed by atoms with Crippen molar-refractivity contribution in [3.05, 3.63) is 0 Å². The average Bonchev–Trinajstić information content (AvgIpc) is 2.82. The second-order valence-electron chi connectivity index (χ2n) is 6.16. The molecule has 3 aliphatic rings. The van der Waals surface area contributed by atoms with E-state index in [1.807, 2.05) is 0 Å². The van der Waals surface area contributed by atoms with E-state index in [0.717, 1.165) is 25.2 Å². The van der Waals surface area contributed by atoms with E-state index in [-0.39, 0.29) is 17.5 Å². The Balaban J connectivity index is 1.57. The molecule has 0 aromatic heterocycles. The summed E-state index contributed by atoms with van der Waals surface area (Å²) in [6.07, 6.45) is 8.64. The Bertz CT molecular complexity index is 284. The summed E-state index contributed by atoms with van der Waals surface area (Å²) in [6.45, 7) is 2.15. The zero-order chi connectivity index (χ0) is 11.2. The van der Waals surface area contributed by atoms with Gasteiger partial charge in [-0.3, -0.25) is 4.79 Å². The van der Waals surface area contributed by atoms with Crippen LogP contribution in [0.3, 0.4) is 0 Å². The van der Waals surface area contributed by atoms with E-state index in [1.165, 1.54) is 25.7 Å². The molecular formula is C13H22N2O. The third kappa shape index (κ3) is 1.97. The summed E-state index contributed by atoms with van der Waals surface area (Å²) < 4.78 is 0. The van der Waals surface area contributed by atoms with Crippen LogP contribution >= 0.6 is 0 Å². The lowest BCUT2D eigenvalue weighted by molar-refractivity contribution is -0.123. The first-order valence-corrected chi connectivity index (χ1v) is 6.74. The number of carbonyl (C=O) groups excluding carboxylic acids is 1. The first-order valence-electron chi connectivity index (χ1n) is 6.74. The third-order valence-electron chi connectivity index (χ3n) is 4.60. The third-order valence-corrected chi connectivity index (χ3v) is 4.60. The van der Waals surface area contributed by atoms with Crippen LogP contribution in [0.15, 0.2) is 0 Å². The molecule has 3 heteroatoms. The first-order chi connectivity index (χ1) is 7.66. The minimum atomic E-state index is 0.0884. The topological polar surface area (TPSA) is 41.1 Å². The van der Waals surface area contributed by atoms with Gasteiger partial charge < -0.3 is 10.6 Å². The number of rotatable bonds is 2. The van der Waals surface area contributed by atoms with E-state index in [9.17, 15) is 4.79 Å². The van der Waals surface area contributed by atoms with Crippen molar-refractivity contribution in [1.29, 1.82) is 0 Å². The maximum Gasteiger partial charge on any atom is 0.237 e. The number of amides is 1. The highest BCUT2D eigenvalue weighted by atomic mass is 16.2. The number of carbonyl (C=O) groups is 1. The highest BCUT2D eigenvalue weighted by Gasteiger charge is 2.43. The molecule has 1 heterocycles. The van der Waals surface area contributed by atoms with Crippen molar-refractivity contribution < 1.29 is 4.79 Å². The summed E-state index contributed by atoms with van der Waals surface area (Å²) in [5.41, 5.74) is 0.131. The fraction of sp³-hybridized carbons (Fsp3) is 0.923. The number of fused-ring (bicyclic) bond motifs is 1. The molecule has 0 bridgehead atoms. The van der Waals surface area contributed by atoms with Gasteiger partial charge in [-0.1, -0.05) is 12.8 Å². The molecule has 3 atom stereocenters. The first kappa shape index (κ1) is 10.6. The molecule has 3 nitrogen and oxygen atoms in total. The van der Waals surface area contributed by atoms with Gasteiger partial charge in [0.2, 0.25) is 5.91 Å². The standard InChI is InChI=1S/C13H22N2O/c1-13(6-7-13)15-12(16)11-8-9-4-2-3-5-10(9)14-11/h9-11,14H,2-8H2,1H3,(H,15,16). The van der Waals surface area contributed by atoms with Gasteiger partial charge in [0, 0.05) is 11.6 Å². The fourth-order valence-corrected chi connectivity index (χ4v) is 3.22. The van der Waals surface area contributed by atoms with Crippen LogP contribution in [0, 0.1) is 5.92 Å². The van der Waals surface area contributed by atoms with Crippen LogP contribution in [0.2, 0.25) is 0 Å². The Kier molecular flexibility index (Phi) is 2.46. The summed E-state index contributed by atoms with van der Waals surface area (Å²) in [5.74, 6) is 1.01. The van der Waals surface area contributed by atoms with Gasteiger partial charge >= 0.3 is 0 Å². The van der Waals surface area contributed by atoms with Crippen molar-refractivity contribution in [2.75, 3.05) is 0 Å². The Hall–Kier alpha value is -0.570. The van der Waals surface area contributed by atoms with E-state index < -0.39 is 0 Å². The summed E-state index contributed by atoms with van der Waals surface area (Å²) in [5, 5.41) is 6.71.